The molecule has 0 saturated carbocycles. The number of rotatable bonds is 11. The predicted molar refractivity (Wildman–Crippen MR) is 109 cm³/mol. The van der Waals surface area contributed by atoms with Gasteiger partial charge in [0, 0.05) is 18.1 Å². The molecule has 10 nitrogen and oxygen atoms in total. The standard InChI is InChI=1S/C17H23N5O5S2/c18-29(25,26)20-9-5-4-8-14(15(23)22-16-19-10-11-28-16)21-17(24)27-12-13-6-2-1-3-7-13/h1-3,6-7,10-11,14,20H,4-5,8-9,12H2,(H,21,24)(H2,18,25,26)(H,19,22,23)/t14-/m0/s1. The summed E-state index contributed by atoms with van der Waals surface area (Å²) in [6.45, 7) is 0.212. The number of benzene rings is 1. The largest absolute Gasteiger partial charge is 0.445 e. The van der Waals surface area contributed by atoms with Gasteiger partial charge in [0.2, 0.25) is 5.91 Å². The normalized spacial score (nSPS) is 12.2. The fourth-order valence-corrected chi connectivity index (χ4v) is 3.30. The molecule has 0 spiro atoms. The Balaban J connectivity index is 1.86. The molecule has 0 radical (unpaired) electrons. The Morgan fingerprint density at radius 2 is 1.97 bits per heavy atom. The van der Waals surface area contributed by atoms with E-state index < -0.39 is 28.3 Å². The molecule has 1 heterocycles. The Kier molecular flexibility index (Phi) is 8.99. The molecule has 5 N–H and O–H groups in total. The Bertz CT molecular complexity index is 875. The van der Waals surface area contributed by atoms with Crippen molar-refractivity contribution in [1.82, 2.24) is 15.0 Å². The number of hydrogen-bond donors (Lipinski definition) is 4. The number of nitrogens with zero attached hydrogens (tertiary/aromatic N) is 1. The van der Waals surface area contributed by atoms with Crippen molar-refractivity contribution in [3.8, 4) is 0 Å². The summed E-state index contributed by atoms with van der Waals surface area (Å²) in [5.74, 6) is -0.434. The van der Waals surface area contributed by atoms with Crippen LogP contribution in [0.15, 0.2) is 41.9 Å². The van der Waals surface area contributed by atoms with Crippen molar-refractivity contribution in [2.45, 2.75) is 31.9 Å². The summed E-state index contributed by atoms with van der Waals surface area (Å²) in [4.78, 5) is 28.6. The summed E-state index contributed by atoms with van der Waals surface area (Å²) < 4.78 is 29.1. The number of nitrogens with two attached hydrogens (primary N) is 1. The van der Waals surface area contributed by atoms with Gasteiger partial charge in [-0.1, -0.05) is 30.3 Å². The van der Waals surface area contributed by atoms with Crippen LogP contribution in [0.5, 0.6) is 0 Å². The van der Waals surface area contributed by atoms with Crippen molar-refractivity contribution in [3.63, 3.8) is 0 Å². The second kappa shape index (κ2) is 11.5. The molecule has 0 fully saturated rings. The first-order valence-corrected chi connectivity index (χ1v) is 11.2. The fraction of sp³-hybridized carbons (Fsp3) is 0.353. The molecule has 2 aromatic rings. The van der Waals surface area contributed by atoms with E-state index in [-0.39, 0.29) is 19.6 Å². The Morgan fingerprint density at radius 1 is 1.21 bits per heavy atom. The molecule has 1 aromatic heterocycles. The highest BCUT2D eigenvalue weighted by atomic mass is 32.2. The molecule has 1 atom stereocenters. The Labute approximate surface area is 173 Å². The average Bonchev–Trinajstić information content (AvgIpc) is 3.18. The van der Waals surface area contributed by atoms with Crippen LogP contribution in [0.1, 0.15) is 24.8 Å². The molecule has 29 heavy (non-hydrogen) atoms. The highest BCUT2D eigenvalue weighted by Gasteiger charge is 2.22. The Hall–Kier alpha value is -2.54. The summed E-state index contributed by atoms with van der Waals surface area (Å²) in [5, 5.41) is 12.2. The maximum Gasteiger partial charge on any atom is 0.408 e. The van der Waals surface area contributed by atoms with Crippen molar-refractivity contribution in [1.29, 1.82) is 0 Å². The number of carbonyl (C=O) groups is 2. The summed E-state index contributed by atoms with van der Waals surface area (Å²) >= 11 is 1.25. The molecular weight excluding hydrogens is 418 g/mol. The maximum atomic E-state index is 12.5. The number of amides is 2. The van der Waals surface area contributed by atoms with Crippen LogP contribution in [-0.4, -0.2) is 38.0 Å². The number of alkyl carbamates (subject to hydrolysis) is 1. The number of aromatic nitrogens is 1. The minimum absolute atomic E-state index is 0.0752. The van der Waals surface area contributed by atoms with Gasteiger partial charge in [0.25, 0.3) is 10.2 Å². The number of ether oxygens (including phenoxy) is 1. The number of unbranched alkanes of at least 4 members (excludes halogenated alkanes) is 1. The lowest BCUT2D eigenvalue weighted by molar-refractivity contribution is -0.118. The van der Waals surface area contributed by atoms with Crippen LogP contribution in [0.4, 0.5) is 9.93 Å². The third-order valence-electron chi connectivity index (χ3n) is 3.71. The molecular formula is C17H23N5O5S2. The van der Waals surface area contributed by atoms with Crippen LogP contribution in [-0.2, 0) is 26.3 Å². The lowest BCUT2D eigenvalue weighted by Gasteiger charge is -2.17. The van der Waals surface area contributed by atoms with E-state index >= 15 is 0 Å². The van der Waals surface area contributed by atoms with Gasteiger partial charge in [-0.2, -0.15) is 8.42 Å². The number of carbonyl (C=O) groups excluding carboxylic acids is 2. The minimum Gasteiger partial charge on any atom is -0.445 e. The highest BCUT2D eigenvalue weighted by Crippen LogP contribution is 2.12. The van der Waals surface area contributed by atoms with Gasteiger partial charge in [0.1, 0.15) is 12.6 Å². The summed E-state index contributed by atoms with van der Waals surface area (Å²) in [6.07, 6.45) is 2.02. The number of thiazole rings is 1. The minimum atomic E-state index is -3.75. The van der Waals surface area contributed by atoms with Crippen LogP contribution in [0.2, 0.25) is 0 Å². The number of nitrogens with one attached hydrogen (secondary N) is 3. The quantitative estimate of drug-likeness (QED) is 0.386. The third kappa shape index (κ3) is 9.47. The zero-order valence-corrected chi connectivity index (χ0v) is 17.2. The van der Waals surface area contributed by atoms with Crippen LogP contribution < -0.4 is 20.5 Å². The monoisotopic (exact) mass is 441 g/mol. The van der Waals surface area contributed by atoms with Crippen LogP contribution in [0, 0.1) is 0 Å². The molecule has 2 amide bonds. The highest BCUT2D eigenvalue weighted by molar-refractivity contribution is 7.87. The summed E-state index contributed by atoms with van der Waals surface area (Å²) in [7, 11) is -3.75. The van der Waals surface area contributed by atoms with Gasteiger partial charge in [0.15, 0.2) is 5.13 Å². The summed E-state index contributed by atoms with van der Waals surface area (Å²) in [5.41, 5.74) is 0.820. The first-order valence-electron chi connectivity index (χ1n) is 8.78. The van der Waals surface area contributed by atoms with Crippen LogP contribution in [0.25, 0.3) is 0 Å². The SMILES string of the molecule is NS(=O)(=O)NCCCC[C@H](NC(=O)OCc1ccccc1)C(=O)Nc1nccs1. The first kappa shape index (κ1) is 22.7. The van der Waals surface area contributed by atoms with Gasteiger partial charge in [-0.15, -0.1) is 11.3 Å². The number of anilines is 1. The molecule has 158 valence electrons. The molecule has 2 rings (SSSR count). The van der Waals surface area contributed by atoms with E-state index in [0.717, 1.165) is 5.56 Å². The van der Waals surface area contributed by atoms with Crippen LogP contribution in [0.3, 0.4) is 0 Å². The van der Waals surface area contributed by atoms with Gasteiger partial charge in [-0.05, 0) is 24.8 Å². The molecule has 0 unspecified atom stereocenters. The van der Waals surface area contributed by atoms with Crippen molar-refractivity contribution in [3.05, 3.63) is 47.5 Å². The van der Waals surface area contributed by atoms with E-state index in [1.807, 2.05) is 30.3 Å². The van der Waals surface area contributed by atoms with E-state index in [1.165, 1.54) is 11.3 Å². The lowest BCUT2D eigenvalue weighted by Crippen LogP contribution is -2.44. The van der Waals surface area contributed by atoms with Crippen molar-refractivity contribution >= 4 is 38.7 Å². The van der Waals surface area contributed by atoms with Crippen LogP contribution >= 0.6 is 11.3 Å². The first-order chi connectivity index (χ1) is 13.8. The average molecular weight is 442 g/mol. The molecule has 0 bridgehead atoms. The van der Waals surface area contributed by atoms with Crippen molar-refractivity contribution in [2.24, 2.45) is 5.14 Å². The lowest BCUT2D eigenvalue weighted by atomic mass is 10.1. The fourth-order valence-electron chi connectivity index (χ4n) is 2.34. The van der Waals surface area contributed by atoms with Crippen molar-refractivity contribution in [2.75, 3.05) is 11.9 Å². The van der Waals surface area contributed by atoms with Crippen molar-refractivity contribution < 1.29 is 22.7 Å². The Morgan fingerprint density at radius 3 is 2.62 bits per heavy atom. The van der Waals surface area contributed by atoms with Gasteiger partial charge in [-0.25, -0.2) is 19.6 Å². The van der Waals surface area contributed by atoms with E-state index in [1.54, 1.807) is 11.6 Å². The smallest absolute Gasteiger partial charge is 0.408 e. The third-order valence-corrected chi connectivity index (χ3v) is 5.00. The van der Waals surface area contributed by atoms with E-state index in [9.17, 15) is 18.0 Å². The van der Waals surface area contributed by atoms with Gasteiger partial charge >= 0.3 is 6.09 Å². The molecule has 12 heteroatoms. The predicted octanol–water partition coefficient (Wildman–Crippen LogP) is 1.34. The topological polar surface area (TPSA) is 153 Å². The maximum absolute atomic E-state index is 12.5. The number of hydrogen-bond acceptors (Lipinski definition) is 7. The second-order valence-corrected chi connectivity index (χ2v) is 8.29. The van der Waals surface area contributed by atoms with Gasteiger partial charge in [0.05, 0.1) is 0 Å². The molecule has 0 aliphatic heterocycles. The second-order valence-electron chi connectivity index (χ2n) is 6.02. The molecule has 0 aliphatic carbocycles. The zero-order chi connectivity index (χ0) is 21.1. The van der Waals surface area contributed by atoms with E-state index in [2.05, 4.69) is 20.3 Å². The van der Waals surface area contributed by atoms with Gasteiger partial charge in [-0.3, -0.25) is 4.79 Å². The zero-order valence-electron chi connectivity index (χ0n) is 15.5. The molecule has 0 aliphatic rings. The van der Waals surface area contributed by atoms with E-state index in [4.69, 9.17) is 9.88 Å². The molecule has 0 saturated heterocycles. The van der Waals surface area contributed by atoms with Gasteiger partial charge < -0.3 is 15.4 Å². The molecule has 1 aromatic carbocycles. The van der Waals surface area contributed by atoms with E-state index in [0.29, 0.717) is 18.0 Å². The summed E-state index contributed by atoms with van der Waals surface area (Å²) in [6, 6.07) is 8.29.